The van der Waals surface area contributed by atoms with Crippen molar-refractivity contribution >= 4 is 5.91 Å². The fourth-order valence-electron chi connectivity index (χ4n) is 2.97. The Morgan fingerprint density at radius 3 is 2.87 bits per heavy atom. The fraction of sp³-hybridized carbons (Fsp3) is 0.471. The Labute approximate surface area is 136 Å². The number of aromatic nitrogens is 2. The Bertz CT molecular complexity index is 654. The lowest BCUT2D eigenvalue weighted by Gasteiger charge is -2.24. The van der Waals surface area contributed by atoms with Crippen LogP contribution in [0.5, 0.6) is 0 Å². The highest BCUT2D eigenvalue weighted by Gasteiger charge is 2.32. The van der Waals surface area contributed by atoms with Gasteiger partial charge in [-0.1, -0.05) is 35.5 Å². The molecule has 0 aliphatic carbocycles. The highest BCUT2D eigenvalue weighted by atomic mass is 16.5. The maximum Gasteiger partial charge on any atom is 0.240 e. The van der Waals surface area contributed by atoms with Crippen LogP contribution in [0.3, 0.4) is 0 Å². The number of rotatable bonds is 5. The molecular formula is C17H22N4O2. The summed E-state index contributed by atoms with van der Waals surface area (Å²) in [6, 6.07) is 10.00. The number of likely N-dealkylation sites (tertiary alicyclic amines) is 1. The van der Waals surface area contributed by atoms with Crippen molar-refractivity contribution in [3.05, 3.63) is 47.6 Å². The Balaban J connectivity index is 1.63. The molecule has 0 N–H and O–H groups in total. The van der Waals surface area contributed by atoms with Crippen LogP contribution in [0.25, 0.3) is 0 Å². The van der Waals surface area contributed by atoms with Crippen molar-refractivity contribution in [3.63, 3.8) is 0 Å². The number of benzene rings is 1. The molecule has 0 bridgehead atoms. The Kier molecular flexibility index (Phi) is 4.71. The van der Waals surface area contributed by atoms with Crippen LogP contribution in [0.4, 0.5) is 0 Å². The summed E-state index contributed by atoms with van der Waals surface area (Å²) in [6.45, 7) is 1.42. The summed E-state index contributed by atoms with van der Waals surface area (Å²) in [6.07, 6.45) is 2.57. The van der Waals surface area contributed by atoms with E-state index in [2.05, 4.69) is 15.0 Å². The average molecular weight is 314 g/mol. The highest BCUT2D eigenvalue weighted by molar-refractivity contribution is 5.81. The van der Waals surface area contributed by atoms with Gasteiger partial charge in [0.25, 0.3) is 0 Å². The fourth-order valence-corrected chi connectivity index (χ4v) is 2.97. The lowest BCUT2D eigenvalue weighted by atomic mass is 10.1. The van der Waals surface area contributed by atoms with Crippen molar-refractivity contribution in [1.29, 1.82) is 0 Å². The summed E-state index contributed by atoms with van der Waals surface area (Å²) in [7, 11) is 3.59. The zero-order valence-electron chi connectivity index (χ0n) is 13.6. The summed E-state index contributed by atoms with van der Waals surface area (Å²) in [5, 5.41) is 4.05. The van der Waals surface area contributed by atoms with Crippen LogP contribution in [0.2, 0.25) is 0 Å². The third kappa shape index (κ3) is 3.76. The van der Waals surface area contributed by atoms with Gasteiger partial charge in [0, 0.05) is 20.5 Å². The first-order chi connectivity index (χ1) is 11.1. The number of carbonyl (C=O) groups excluding carboxylic acids is 1. The molecule has 122 valence electrons. The van der Waals surface area contributed by atoms with E-state index in [9.17, 15) is 4.79 Å². The maximum absolute atomic E-state index is 12.2. The van der Waals surface area contributed by atoms with Gasteiger partial charge in [-0.05, 0) is 24.9 Å². The van der Waals surface area contributed by atoms with Crippen LogP contribution < -0.4 is 0 Å². The van der Waals surface area contributed by atoms with E-state index in [0.29, 0.717) is 24.7 Å². The van der Waals surface area contributed by atoms with Crippen LogP contribution in [0.15, 0.2) is 34.9 Å². The SMILES string of the molecule is CN(C)C(=O)C1CCCN1Cc1nc(Cc2ccccc2)no1. The lowest BCUT2D eigenvalue weighted by Crippen LogP contribution is -2.42. The minimum Gasteiger partial charge on any atom is -0.347 e. The van der Waals surface area contributed by atoms with Gasteiger partial charge in [0.05, 0.1) is 12.6 Å². The number of amides is 1. The summed E-state index contributed by atoms with van der Waals surface area (Å²) in [5.41, 5.74) is 1.15. The van der Waals surface area contributed by atoms with E-state index in [4.69, 9.17) is 4.52 Å². The van der Waals surface area contributed by atoms with Crippen LogP contribution >= 0.6 is 0 Å². The molecule has 1 aromatic carbocycles. The van der Waals surface area contributed by atoms with E-state index in [1.807, 2.05) is 30.3 Å². The molecule has 0 spiro atoms. The van der Waals surface area contributed by atoms with Crippen LogP contribution in [-0.4, -0.2) is 52.5 Å². The molecule has 6 nitrogen and oxygen atoms in total. The summed E-state index contributed by atoms with van der Waals surface area (Å²) >= 11 is 0. The average Bonchev–Trinajstić information content (AvgIpc) is 3.17. The van der Waals surface area contributed by atoms with Gasteiger partial charge >= 0.3 is 0 Å². The molecule has 2 aromatic rings. The number of hydrogen-bond acceptors (Lipinski definition) is 5. The van der Waals surface area contributed by atoms with Gasteiger partial charge in [-0.3, -0.25) is 9.69 Å². The van der Waals surface area contributed by atoms with Crippen LogP contribution in [-0.2, 0) is 17.8 Å². The van der Waals surface area contributed by atoms with Crippen molar-refractivity contribution < 1.29 is 9.32 Å². The molecule has 1 aliphatic heterocycles. The largest absolute Gasteiger partial charge is 0.347 e. The van der Waals surface area contributed by atoms with Crippen molar-refractivity contribution in [3.8, 4) is 0 Å². The van der Waals surface area contributed by atoms with Gasteiger partial charge < -0.3 is 9.42 Å². The maximum atomic E-state index is 12.2. The second kappa shape index (κ2) is 6.91. The smallest absolute Gasteiger partial charge is 0.240 e. The van der Waals surface area contributed by atoms with Gasteiger partial charge in [-0.2, -0.15) is 4.98 Å². The quantitative estimate of drug-likeness (QED) is 0.841. The molecular weight excluding hydrogens is 292 g/mol. The molecule has 3 rings (SSSR count). The number of likely N-dealkylation sites (N-methyl/N-ethyl adjacent to an activating group) is 1. The molecule has 1 aromatic heterocycles. The van der Waals surface area contributed by atoms with Gasteiger partial charge in [0.15, 0.2) is 5.82 Å². The molecule has 2 heterocycles. The number of carbonyl (C=O) groups is 1. The van der Waals surface area contributed by atoms with Crippen molar-refractivity contribution in [2.45, 2.75) is 31.8 Å². The highest BCUT2D eigenvalue weighted by Crippen LogP contribution is 2.21. The van der Waals surface area contributed by atoms with Crippen molar-refractivity contribution in [1.82, 2.24) is 19.9 Å². The van der Waals surface area contributed by atoms with E-state index in [1.165, 1.54) is 0 Å². The zero-order chi connectivity index (χ0) is 16.2. The third-order valence-corrected chi connectivity index (χ3v) is 4.14. The molecule has 6 heteroatoms. The first kappa shape index (κ1) is 15.7. The van der Waals surface area contributed by atoms with Gasteiger partial charge in [0.2, 0.25) is 11.8 Å². The van der Waals surface area contributed by atoms with E-state index >= 15 is 0 Å². The van der Waals surface area contributed by atoms with Gasteiger partial charge in [-0.25, -0.2) is 0 Å². The Hall–Kier alpha value is -2.21. The second-order valence-electron chi connectivity index (χ2n) is 6.13. The molecule has 1 amide bonds. The predicted octanol–water partition coefficient (Wildman–Crippen LogP) is 1.71. The minimum absolute atomic E-state index is 0.0746. The Morgan fingerprint density at radius 2 is 2.13 bits per heavy atom. The standard InChI is InChI=1S/C17H22N4O2/c1-20(2)17(22)14-9-6-10-21(14)12-16-18-15(19-23-16)11-13-7-4-3-5-8-13/h3-5,7-8,14H,6,9-12H2,1-2H3. The number of nitrogens with zero attached hydrogens (tertiary/aromatic N) is 4. The van der Waals surface area contributed by atoms with Crippen molar-refractivity contribution in [2.24, 2.45) is 0 Å². The molecule has 1 aliphatic rings. The zero-order valence-corrected chi connectivity index (χ0v) is 13.6. The van der Waals surface area contributed by atoms with E-state index < -0.39 is 0 Å². The molecule has 23 heavy (non-hydrogen) atoms. The van der Waals surface area contributed by atoms with Crippen LogP contribution in [0.1, 0.15) is 30.1 Å². The van der Waals surface area contributed by atoms with E-state index in [1.54, 1.807) is 19.0 Å². The third-order valence-electron chi connectivity index (χ3n) is 4.14. The van der Waals surface area contributed by atoms with Gasteiger partial charge in [-0.15, -0.1) is 0 Å². The lowest BCUT2D eigenvalue weighted by molar-refractivity contribution is -0.133. The molecule has 1 unspecified atom stereocenters. The van der Waals surface area contributed by atoms with Crippen molar-refractivity contribution in [2.75, 3.05) is 20.6 Å². The normalized spacial score (nSPS) is 18.3. The molecule has 0 saturated carbocycles. The summed E-state index contributed by atoms with van der Waals surface area (Å²) < 4.78 is 5.36. The topological polar surface area (TPSA) is 62.5 Å². The summed E-state index contributed by atoms with van der Waals surface area (Å²) in [4.78, 5) is 20.5. The van der Waals surface area contributed by atoms with E-state index in [-0.39, 0.29) is 11.9 Å². The minimum atomic E-state index is -0.0746. The number of hydrogen-bond donors (Lipinski definition) is 0. The van der Waals surface area contributed by atoms with Gasteiger partial charge in [0.1, 0.15) is 0 Å². The molecule has 1 saturated heterocycles. The molecule has 0 radical (unpaired) electrons. The molecule has 1 atom stereocenters. The summed E-state index contributed by atoms with van der Waals surface area (Å²) in [5.74, 6) is 1.40. The van der Waals surface area contributed by atoms with Crippen LogP contribution in [0, 0.1) is 0 Å². The monoisotopic (exact) mass is 314 g/mol. The second-order valence-corrected chi connectivity index (χ2v) is 6.13. The first-order valence-electron chi connectivity index (χ1n) is 7.94. The Morgan fingerprint density at radius 1 is 1.35 bits per heavy atom. The molecule has 1 fully saturated rings. The van der Waals surface area contributed by atoms with E-state index in [0.717, 1.165) is 24.9 Å². The predicted molar refractivity (Wildman–Crippen MR) is 85.7 cm³/mol. The first-order valence-corrected chi connectivity index (χ1v) is 7.94.